The van der Waals surface area contributed by atoms with Crippen LogP contribution in [-0.2, 0) is 0 Å². The summed E-state index contributed by atoms with van der Waals surface area (Å²) >= 11 is 0. The molecule has 4 nitrogen and oxygen atoms in total. The van der Waals surface area contributed by atoms with Gasteiger partial charge in [0, 0.05) is 22.7 Å². The van der Waals surface area contributed by atoms with Crippen molar-refractivity contribution in [1.29, 1.82) is 0 Å². The van der Waals surface area contributed by atoms with E-state index in [1.165, 1.54) is 13.4 Å². The fourth-order valence-electron chi connectivity index (χ4n) is 2.63. The maximum Gasteiger partial charge on any atom is 0.161 e. The van der Waals surface area contributed by atoms with E-state index < -0.39 is 0 Å². The lowest BCUT2D eigenvalue weighted by atomic mass is 10.0. The first-order valence-corrected chi connectivity index (χ1v) is 9.63. The van der Waals surface area contributed by atoms with Crippen LogP contribution in [0.5, 0.6) is 11.5 Å². The number of aromatic hydroxyl groups is 1. The zero-order chi connectivity index (χ0) is 22.1. The molecule has 0 radical (unpaired) electrons. The second kappa shape index (κ2) is 11.1. The highest BCUT2D eigenvalue weighted by Gasteiger charge is 2.07. The minimum atomic E-state index is -0.0961. The van der Waals surface area contributed by atoms with Crippen LogP contribution in [0.1, 0.15) is 50.1 Å². The molecule has 5 heteroatoms. The Morgan fingerprint density at radius 2 is 1.66 bits per heavy atom. The number of aromatic nitrogens is 2. The van der Waals surface area contributed by atoms with E-state index in [2.05, 4.69) is 9.97 Å². The second-order valence-corrected chi connectivity index (χ2v) is 6.65. The largest absolute Gasteiger partial charge is 0.504 e. The maximum atomic E-state index is 13.6. The lowest BCUT2D eigenvalue weighted by Crippen LogP contribution is -1.91. The summed E-state index contributed by atoms with van der Waals surface area (Å²) in [6.45, 7) is 13.6. The fraction of sp³-hybridized carbons (Fsp3) is 0.333. The molecule has 156 valence electrons. The standard InChI is InChI=1S/C12H15F.C10H10N2O2.C2H6/c1-8(2)7-11-9(3)5-6-10(4)12(11)13;1-6-7-3-10(14-2)9(13)4-8(7)12-5-11-6;1-2/h5-7H,1-4H3;3-5,13H,1-2H3;1-2H3. The number of ether oxygens (including phenoxy) is 1. The molecule has 1 aromatic heterocycles. The van der Waals surface area contributed by atoms with Crippen LogP contribution < -0.4 is 4.74 Å². The Hall–Kier alpha value is -2.95. The molecule has 0 atom stereocenters. The third-order valence-electron chi connectivity index (χ3n) is 4.16. The monoisotopic (exact) mass is 398 g/mol. The molecular weight excluding hydrogens is 367 g/mol. The van der Waals surface area contributed by atoms with E-state index in [9.17, 15) is 9.50 Å². The maximum absolute atomic E-state index is 13.6. The van der Waals surface area contributed by atoms with Gasteiger partial charge in [-0.1, -0.05) is 37.6 Å². The van der Waals surface area contributed by atoms with Crippen LogP contribution in [0.25, 0.3) is 17.0 Å². The summed E-state index contributed by atoms with van der Waals surface area (Å²) in [6, 6.07) is 7.07. The summed E-state index contributed by atoms with van der Waals surface area (Å²) in [5.74, 6) is 0.440. The number of phenolic OH excluding ortho intramolecular Hbond substituents is 1. The van der Waals surface area contributed by atoms with Gasteiger partial charge in [0.05, 0.1) is 12.6 Å². The normalized spacial score (nSPS) is 9.69. The number of halogens is 1. The van der Waals surface area contributed by atoms with Gasteiger partial charge in [-0.3, -0.25) is 0 Å². The minimum absolute atomic E-state index is 0.0955. The number of rotatable bonds is 2. The van der Waals surface area contributed by atoms with Crippen LogP contribution in [0.4, 0.5) is 4.39 Å². The minimum Gasteiger partial charge on any atom is -0.504 e. The molecule has 3 aromatic rings. The van der Waals surface area contributed by atoms with Gasteiger partial charge in [0.1, 0.15) is 12.1 Å². The summed E-state index contributed by atoms with van der Waals surface area (Å²) < 4.78 is 18.6. The van der Waals surface area contributed by atoms with E-state index >= 15 is 0 Å². The summed E-state index contributed by atoms with van der Waals surface area (Å²) in [7, 11) is 1.51. The van der Waals surface area contributed by atoms with Crippen LogP contribution in [0.3, 0.4) is 0 Å². The Balaban J connectivity index is 0.000000268. The zero-order valence-corrected chi connectivity index (χ0v) is 18.6. The number of aryl methyl sites for hydroxylation is 3. The SMILES string of the molecule is CC.CC(C)=Cc1c(C)ccc(C)c1F.COc1cc2c(C)ncnc2cc1O. The molecule has 0 spiro atoms. The van der Waals surface area contributed by atoms with E-state index in [0.29, 0.717) is 11.3 Å². The first kappa shape index (κ1) is 24.1. The quantitative estimate of drug-likeness (QED) is 0.532. The van der Waals surface area contributed by atoms with Crippen molar-refractivity contribution in [3.63, 3.8) is 0 Å². The topological polar surface area (TPSA) is 55.2 Å². The van der Waals surface area contributed by atoms with Crippen molar-refractivity contribution >= 4 is 17.0 Å². The van der Waals surface area contributed by atoms with E-state index in [1.807, 2.05) is 59.8 Å². The Morgan fingerprint density at radius 1 is 1.03 bits per heavy atom. The molecule has 1 N–H and O–H groups in total. The first-order chi connectivity index (χ1) is 13.7. The lowest BCUT2D eigenvalue weighted by molar-refractivity contribution is 0.374. The highest BCUT2D eigenvalue weighted by molar-refractivity contribution is 5.84. The molecule has 0 aliphatic carbocycles. The second-order valence-electron chi connectivity index (χ2n) is 6.65. The number of hydrogen-bond donors (Lipinski definition) is 1. The molecule has 0 amide bonds. The van der Waals surface area contributed by atoms with Gasteiger partial charge < -0.3 is 9.84 Å². The third kappa shape index (κ3) is 6.28. The molecule has 0 saturated heterocycles. The van der Waals surface area contributed by atoms with E-state index in [0.717, 1.165) is 33.3 Å². The van der Waals surface area contributed by atoms with Crippen molar-refractivity contribution < 1.29 is 14.2 Å². The van der Waals surface area contributed by atoms with Crippen LogP contribution in [0.2, 0.25) is 0 Å². The molecule has 2 aromatic carbocycles. The number of hydrogen-bond acceptors (Lipinski definition) is 4. The van der Waals surface area contributed by atoms with E-state index in [4.69, 9.17) is 4.74 Å². The van der Waals surface area contributed by atoms with Crippen molar-refractivity contribution in [2.24, 2.45) is 0 Å². The number of phenols is 1. The number of benzene rings is 2. The van der Waals surface area contributed by atoms with E-state index in [-0.39, 0.29) is 11.6 Å². The molecule has 0 unspecified atom stereocenters. The lowest BCUT2D eigenvalue weighted by Gasteiger charge is -2.05. The van der Waals surface area contributed by atoms with Gasteiger partial charge in [0.2, 0.25) is 0 Å². The molecular formula is C24H31FN2O2. The predicted molar refractivity (Wildman–Crippen MR) is 119 cm³/mol. The van der Waals surface area contributed by atoms with E-state index in [1.54, 1.807) is 19.1 Å². The van der Waals surface area contributed by atoms with Gasteiger partial charge in [0.25, 0.3) is 0 Å². The van der Waals surface area contributed by atoms with Gasteiger partial charge in [-0.25, -0.2) is 14.4 Å². The molecule has 0 fully saturated rings. The number of fused-ring (bicyclic) bond motifs is 1. The average molecular weight is 399 g/mol. The van der Waals surface area contributed by atoms with Crippen molar-refractivity contribution in [3.05, 3.63) is 64.4 Å². The van der Waals surface area contributed by atoms with Gasteiger partial charge in [0.15, 0.2) is 11.5 Å². The number of methoxy groups -OCH3 is 1. The Kier molecular flexibility index (Phi) is 9.26. The molecule has 0 aliphatic rings. The zero-order valence-electron chi connectivity index (χ0n) is 18.6. The Bertz CT molecular complexity index is 994. The van der Waals surface area contributed by atoms with Gasteiger partial charge >= 0.3 is 0 Å². The van der Waals surface area contributed by atoms with Crippen LogP contribution in [0, 0.1) is 26.6 Å². The van der Waals surface area contributed by atoms with Crippen molar-refractivity contribution in [1.82, 2.24) is 9.97 Å². The number of allylic oxidation sites excluding steroid dienone is 1. The molecule has 1 heterocycles. The highest BCUT2D eigenvalue weighted by atomic mass is 19.1. The van der Waals surface area contributed by atoms with Crippen LogP contribution in [0.15, 0.2) is 36.2 Å². The summed E-state index contributed by atoms with van der Waals surface area (Å²) in [6.07, 6.45) is 3.36. The Labute approximate surface area is 173 Å². The molecule has 0 bridgehead atoms. The van der Waals surface area contributed by atoms with Crippen molar-refractivity contribution in [2.75, 3.05) is 7.11 Å². The summed E-state index contributed by atoms with van der Waals surface area (Å²) in [4.78, 5) is 8.12. The highest BCUT2D eigenvalue weighted by Crippen LogP contribution is 2.30. The fourth-order valence-corrected chi connectivity index (χ4v) is 2.63. The third-order valence-corrected chi connectivity index (χ3v) is 4.16. The van der Waals surface area contributed by atoms with Gasteiger partial charge in [-0.2, -0.15) is 0 Å². The van der Waals surface area contributed by atoms with Crippen LogP contribution in [-0.4, -0.2) is 22.2 Å². The smallest absolute Gasteiger partial charge is 0.161 e. The van der Waals surface area contributed by atoms with Gasteiger partial charge in [-0.05, 0) is 51.8 Å². The molecule has 0 aliphatic heterocycles. The van der Waals surface area contributed by atoms with Crippen LogP contribution >= 0.6 is 0 Å². The van der Waals surface area contributed by atoms with Crippen molar-refractivity contribution in [3.8, 4) is 11.5 Å². The predicted octanol–water partition coefficient (Wildman–Crippen LogP) is 6.54. The average Bonchev–Trinajstić information content (AvgIpc) is 2.70. The molecule has 29 heavy (non-hydrogen) atoms. The molecule has 0 saturated carbocycles. The summed E-state index contributed by atoms with van der Waals surface area (Å²) in [5, 5.41) is 10.4. The van der Waals surface area contributed by atoms with Crippen molar-refractivity contribution in [2.45, 2.75) is 48.5 Å². The molecule has 3 rings (SSSR count). The van der Waals surface area contributed by atoms with Gasteiger partial charge in [-0.15, -0.1) is 0 Å². The Morgan fingerprint density at radius 3 is 2.24 bits per heavy atom. The number of nitrogens with zero attached hydrogens (tertiary/aromatic N) is 2. The first-order valence-electron chi connectivity index (χ1n) is 9.63. The summed E-state index contributed by atoms with van der Waals surface area (Å²) in [5.41, 5.74) is 5.12.